The predicted octanol–water partition coefficient (Wildman–Crippen LogP) is 23.9. The highest BCUT2D eigenvalue weighted by molar-refractivity contribution is 5.71. The molecule has 6 heteroatoms. The van der Waals surface area contributed by atoms with Crippen LogP contribution in [0.4, 0.5) is 0 Å². The van der Waals surface area contributed by atoms with Gasteiger partial charge in [0.2, 0.25) is 0 Å². The fraction of sp³-hybridized carbons (Fsp3) is 0.822. The Bertz CT molecular complexity index is 1410. The number of carbonyl (C=O) groups is 3. The number of hydrogen-bond donors (Lipinski definition) is 0. The van der Waals surface area contributed by atoms with Crippen LogP contribution < -0.4 is 0 Å². The summed E-state index contributed by atoms with van der Waals surface area (Å²) in [4.78, 5) is 38.5. The summed E-state index contributed by atoms with van der Waals surface area (Å²) in [6.07, 6.45) is 86.7. The van der Waals surface area contributed by atoms with Crippen LogP contribution in [-0.4, -0.2) is 37.2 Å². The molecule has 0 N–H and O–H groups in total. The summed E-state index contributed by atoms with van der Waals surface area (Å²) in [6.45, 7) is 6.58. The summed E-state index contributed by atoms with van der Waals surface area (Å²) in [6, 6.07) is 0. The molecule has 0 aromatic carbocycles. The van der Waals surface area contributed by atoms with E-state index >= 15 is 0 Å². The van der Waals surface area contributed by atoms with E-state index in [1.807, 2.05) is 0 Å². The summed E-state index contributed by atoms with van der Waals surface area (Å²) >= 11 is 0. The lowest BCUT2D eigenvalue weighted by Crippen LogP contribution is -2.30. The molecule has 0 fully saturated rings. The maximum Gasteiger partial charge on any atom is 0.306 e. The van der Waals surface area contributed by atoms with Gasteiger partial charge in [-0.15, -0.1) is 0 Å². The predicted molar refractivity (Wildman–Crippen MR) is 344 cm³/mol. The van der Waals surface area contributed by atoms with Crippen LogP contribution in [0.5, 0.6) is 0 Å². The Morgan fingerprint density at radius 2 is 0.494 bits per heavy atom. The van der Waals surface area contributed by atoms with Crippen molar-refractivity contribution in [1.29, 1.82) is 0 Å². The van der Waals surface area contributed by atoms with Gasteiger partial charge in [0.05, 0.1) is 0 Å². The van der Waals surface area contributed by atoms with Crippen molar-refractivity contribution in [3.8, 4) is 0 Å². The van der Waals surface area contributed by atoms with Crippen LogP contribution in [0.1, 0.15) is 367 Å². The molecule has 1 unspecified atom stereocenters. The van der Waals surface area contributed by atoms with Gasteiger partial charge < -0.3 is 14.2 Å². The van der Waals surface area contributed by atoms with E-state index in [0.717, 1.165) is 83.5 Å². The average molecular weight is 1110 g/mol. The van der Waals surface area contributed by atoms with E-state index in [2.05, 4.69) is 81.5 Å². The van der Waals surface area contributed by atoms with E-state index in [0.29, 0.717) is 19.3 Å². The molecule has 0 amide bonds. The SMILES string of the molecule is CC/C=C\C/C=C\C/C=C\CCCCCCCCCC(=O)OCC(COC(=O)CCCCCCCCCCCCC/C=C\CCCCCCCCCC)OC(=O)CCCCCCCCCCC/C=C\CCCCCCCCCC. The van der Waals surface area contributed by atoms with Crippen molar-refractivity contribution in [3.05, 3.63) is 60.8 Å². The van der Waals surface area contributed by atoms with Crippen molar-refractivity contribution in [1.82, 2.24) is 0 Å². The minimum absolute atomic E-state index is 0.0761. The van der Waals surface area contributed by atoms with Gasteiger partial charge in [0.25, 0.3) is 0 Å². The van der Waals surface area contributed by atoms with E-state index in [4.69, 9.17) is 14.2 Å². The molecule has 0 saturated heterocycles. The highest BCUT2D eigenvalue weighted by Crippen LogP contribution is 2.17. The summed E-state index contributed by atoms with van der Waals surface area (Å²) in [5.74, 6) is -0.867. The summed E-state index contributed by atoms with van der Waals surface area (Å²) in [5.41, 5.74) is 0. The number of carbonyl (C=O) groups excluding carboxylic acids is 3. The first-order valence-electron chi connectivity index (χ1n) is 34.8. The molecule has 0 aliphatic rings. The number of esters is 3. The lowest BCUT2D eigenvalue weighted by atomic mass is 10.0. The van der Waals surface area contributed by atoms with Gasteiger partial charge in [-0.05, 0) is 103 Å². The van der Waals surface area contributed by atoms with Crippen LogP contribution in [-0.2, 0) is 28.6 Å². The van der Waals surface area contributed by atoms with E-state index in [9.17, 15) is 14.4 Å². The van der Waals surface area contributed by atoms with Gasteiger partial charge in [-0.3, -0.25) is 14.4 Å². The Kier molecular flexibility index (Phi) is 65.1. The Balaban J connectivity index is 4.33. The summed E-state index contributed by atoms with van der Waals surface area (Å²) in [7, 11) is 0. The number of rotatable bonds is 64. The number of allylic oxidation sites excluding steroid dienone is 10. The van der Waals surface area contributed by atoms with E-state index < -0.39 is 6.10 Å². The normalized spacial score (nSPS) is 12.4. The van der Waals surface area contributed by atoms with Gasteiger partial charge in [-0.25, -0.2) is 0 Å². The van der Waals surface area contributed by atoms with Gasteiger partial charge in [0.1, 0.15) is 13.2 Å². The van der Waals surface area contributed by atoms with Crippen LogP contribution in [0.3, 0.4) is 0 Å². The zero-order valence-electron chi connectivity index (χ0n) is 52.9. The van der Waals surface area contributed by atoms with E-state index in [-0.39, 0.29) is 31.1 Å². The molecule has 0 saturated carbocycles. The van der Waals surface area contributed by atoms with Crippen molar-refractivity contribution in [2.45, 2.75) is 374 Å². The molecular formula is C73H132O6. The van der Waals surface area contributed by atoms with E-state index in [1.165, 1.54) is 244 Å². The first-order valence-corrected chi connectivity index (χ1v) is 34.8. The Morgan fingerprint density at radius 3 is 0.785 bits per heavy atom. The maximum absolute atomic E-state index is 13.0. The molecule has 0 bridgehead atoms. The standard InChI is InChI=1S/C73H132O6/c1-4-7-10-13-16-19-22-25-28-31-33-35-36-38-39-42-45-48-51-54-57-60-63-66-72(75)78-69-70(68-77-71(74)65-62-59-56-53-50-47-44-41-30-27-24-21-18-15-12-9-6-3)79-73(76)67-64-61-58-55-52-49-46-43-40-37-34-32-29-26-23-20-17-14-11-8-5-2/h9,12,18,21,27,30-34,70H,4-8,10-11,13-17,19-20,22-26,28-29,35-69H2,1-3H3/b12-9-,21-18-,30-27-,33-31-,34-32-. The second-order valence-electron chi connectivity index (χ2n) is 23.4. The van der Waals surface area contributed by atoms with Crippen LogP contribution in [0, 0.1) is 0 Å². The van der Waals surface area contributed by atoms with Gasteiger partial charge in [0, 0.05) is 19.3 Å². The molecule has 0 aliphatic carbocycles. The second-order valence-corrected chi connectivity index (χ2v) is 23.4. The summed E-state index contributed by atoms with van der Waals surface area (Å²) in [5, 5.41) is 0. The van der Waals surface area contributed by atoms with Crippen LogP contribution >= 0.6 is 0 Å². The van der Waals surface area contributed by atoms with Crippen molar-refractivity contribution < 1.29 is 28.6 Å². The van der Waals surface area contributed by atoms with Crippen molar-refractivity contribution in [3.63, 3.8) is 0 Å². The fourth-order valence-corrected chi connectivity index (χ4v) is 10.3. The maximum atomic E-state index is 13.0. The Morgan fingerprint density at radius 1 is 0.266 bits per heavy atom. The monoisotopic (exact) mass is 1110 g/mol. The highest BCUT2D eigenvalue weighted by atomic mass is 16.6. The van der Waals surface area contributed by atoms with Crippen molar-refractivity contribution in [2.24, 2.45) is 0 Å². The molecule has 0 aromatic rings. The lowest BCUT2D eigenvalue weighted by Gasteiger charge is -2.18. The second kappa shape index (κ2) is 67.6. The number of ether oxygens (including phenoxy) is 3. The number of hydrogen-bond acceptors (Lipinski definition) is 6. The lowest BCUT2D eigenvalue weighted by molar-refractivity contribution is -0.167. The zero-order valence-corrected chi connectivity index (χ0v) is 52.9. The molecule has 460 valence electrons. The molecule has 0 spiro atoms. The zero-order chi connectivity index (χ0) is 57.1. The minimum Gasteiger partial charge on any atom is -0.462 e. The molecule has 1 atom stereocenters. The summed E-state index contributed by atoms with van der Waals surface area (Å²) < 4.78 is 17.0. The molecule has 0 aromatic heterocycles. The molecule has 0 rings (SSSR count). The van der Waals surface area contributed by atoms with Gasteiger partial charge >= 0.3 is 17.9 Å². The van der Waals surface area contributed by atoms with Gasteiger partial charge in [-0.1, -0.05) is 306 Å². The smallest absolute Gasteiger partial charge is 0.306 e. The van der Waals surface area contributed by atoms with E-state index in [1.54, 1.807) is 0 Å². The third-order valence-electron chi connectivity index (χ3n) is 15.5. The molecule has 79 heavy (non-hydrogen) atoms. The fourth-order valence-electron chi connectivity index (χ4n) is 10.3. The largest absolute Gasteiger partial charge is 0.462 e. The first kappa shape index (κ1) is 76.1. The molecule has 0 radical (unpaired) electrons. The third kappa shape index (κ3) is 65.8. The van der Waals surface area contributed by atoms with Crippen LogP contribution in [0.25, 0.3) is 0 Å². The van der Waals surface area contributed by atoms with Crippen molar-refractivity contribution >= 4 is 17.9 Å². The Hall–Kier alpha value is -2.89. The van der Waals surface area contributed by atoms with Gasteiger partial charge in [0.15, 0.2) is 6.10 Å². The molecular weight excluding hydrogens is 973 g/mol. The first-order chi connectivity index (χ1) is 39.0. The Labute approximate surface area is 491 Å². The quantitative estimate of drug-likeness (QED) is 0.0261. The minimum atomic E-state index is -0.781. The highest BCUT2D eigenvalue weighted by Gasteiger charge is 2.19. The molecule has 0 aliphatic heterocycles. The van der Waals surface area contributed by atoms with Crippen LogP contribution in [0.2, 0.25) is 0 Å². The van der Waals surface area contributed by atoms with Crippen molar-refractivity contribution in [2.75, 3.05) is 13.2 Å². The molecule has 6 nitrogen and oxygen atoms in total. The van der Waals surface area contributed by atoms with Crippen LogP contribution in [0.15, 0.2) is 60.8 Å². The number of unbranched alkanes of at least 4 members (excludes halogenated alkanes) is 43. The topological polar surface area (TPSA) is 78.9 Å². The average Bonchev–Trinajstić information content (AvgIpc) is 3.45. The van der Waals surface area contributed by atoms with Gasteiger partial charge in [-0.2, -0.15) is 0 Å². The third-order valence-corrected chi connectivity index (χ3v) is 15.5. The molecule has 0 heterocycles.